The number of hydrogen-bond acceptors (Lipinski definition) is 1. The fourth-order valence-corrected chi connectivity index (χ4v) is 3.84. The summed E-state index contributed by atoms with van der Waals surface area (Å²) in [6, 6.07) is 13.4. The third-order valence-electron chi connectivity index (χ3n) is 5.26. The van der Waals surface area contributed by atoms with E-state index in [4.69, 9.17) is 0 Å². The van der Waals surface area contributed by atoms with E-state index in [1.165, 1.54) is 12.1 Å². The smallest absolute Gasteiger partial charge is 0.139 e. The van der Waals surface area contributed by atoms with E-state index in [0.717, 1.165) is 32.1 Å². The number of hydrogen-bond donors (Lipinski definition) is 0. The Morgan fingerprint density at radius 2 is 1.16 bits per heavy atom. The molecule has 2 aromatic rings. The van der Waals surface area contributed by atoms with Crippen molar-refractivity contribution in [1.29, 1.82) is 0 Å². The van der Waals surface area contributed by atoms with E-state index in [1.807, 2.05) is 12.1 Å². The molecule has 3 heteroatoms. The second kappa shape index (κ2) is 8.37. The molecule has 2 aromatic carbocycles. The zero-order valence-corrected chi connectivity index (χ0v) is 14.4. The van der Waals surface area contributed by atoms with E-state index < -0.39 is 0 Å². The molecule has 0 N–H and O–H groups in total. The van der Waals surface area contributed by atoms with Crippen LogP contribution in [0, 0.1) is 23.5 Å². The molecule has 3 rings (SSSR count). The molecule has 0 saturated heterocycles. The number of carbonyl (C=O) groups is 1. The Kier molecular flexibility index (Phi) is 5.95. The predicted octanol–water partition coefficient (Wildman–Crippen LogP) is 5.52. The average Bonchev–Trinajstić information content (AvgIpc) is 2.61. The van der Waals surface area contributed by atoms with Crippen molar-refractivity contribution in [3.8, 4) is 0 Å². The number of rotatable bonds is 4. The van der Waals surface area contributed by atoms with Crippen molar-refractivity contribution in [2.45, 2.75) is 44.9 Å². The molecule has 0 radical (unpaired) electrons. The fourth-order valence-electron chi connectivity index (χ4n) is 3.84. The molecule has 0 spiro atoms. The number of ketones is 1. The Morgan fingerprint density at radius 1 is 0.720 bits per heavy atom. The van der Waals surface area contributed by atoms with E-state index in [-0.39, 0.29) is 29.3 Å². The first kappa shape index (κ1) is 17.8. The minimum Gasteiger partial charge on any atom is -0.299 e. The summed E-state index contributed by atoms with van der Waals surface area (Å²) in [6.07, 6.45) is 5.55. The average molecular weight is 342 g/mol. The van der Waals surface area contributed by atoms with Gasteiger partial charge in [-0.1, -0.05) is 55.7 Å². The molecule has 25 heavy (non-hydrogen) atoms. The summed E-state index contributed by atoms with van der Waals surface area (Å²) in [5.41, 5.74) is 1.21. The van der Waals surface area contributed by atoms with Crippen molar-refractivity contribution in [3.05, 3.63) is 71.3 Å². The van der Waals surface area contributed by atoms with E-state index >= 15 is 0 Å². The maximum atomic E-state index is 14.0. The van der Waals surface area contributed by atoms with Gasteiger partial charge in [0, 0.05) is 11.8 Å². The minimum atomic E-state index is -0.247. The van der Waals surface area contributed by atoms with Crippen LogP contribution in [-0.4, -0.2) is 5.78 Å². The van der Waals surface area contributed by atoms with Gasteiger partial charge >= 0.3 is 0 Å². The van der Waals surface area contributed by atoms with Gasteiger partial charge in [0.1, 0.15) is 17.4 Å². The topological polar surface area (TPSA) is 17.1 Å². The van der Waals surface area contributed by atoms with Crippen LogP contribution >= 0.6 is 0 Å². The van der Waals surface area contributed by atoms with Gasteiger partial charge < -0.3 is 0 Å². The Hall–Kier alpha value is -2.03. The molecule has 0 aliphatic heterocycles. The van der Waals surface area contributed by atoms with Crippen molar-refractivity contribution in [3.63, 3.8) is 0 Å². The van der Waals surface area contributed by atoms with Crippen LogP contribution in [0.5, 0.6) is 0 Å². The van der Waals surface area contributed by atoms with E-state index in [9.17, 15) is 13.6 Å². The maximum Gasteiger partial charge on any atom is 0.139 e. The SMILES string of the molecule is O=C1C(Cc2ccccc2F)CCCCCC1Cc1ccccc1F. The molecule has 0 bridgehead atoms. The Labute approximate surface area is 148 Å². The predicted molar refractivity (Wildman–Crippen MR) is 95.3 cm³/mol. The van der Waals surface area contributed by atoms with Crippen LogP contribution in [0.1, 0.15) is 43.2 Å². The molecule has 2 atom stereocenters. The van der Waals surface area contributed by atoms with E-state index in [2.05, 4.69) is 0 Å². The normalized spacial score (nSPS) is 21.6. The van der Waals surface area contributed by atoms with Gasteiger partial charge in [0.2, 0.25) is 0 Å². The Morgan fingerprint density at radius 3 is 1.60 bits per heavy atom. The van der Waals surface area contributed by atoms with E-state index in [0.29, 0.717) is 24.0 Å². The van der Waals surface area contributed by atoms with Crippen LogP contribution in [0.3, 0.4) is 0 Å². The lowest BCUT2D eigenvalue weighted by atomic mass is 9.78. The molecular formula is C22H24F2O. The summed E-state index contributed by atoms with van der Waals surface area (Å²) in [5, 5.41) is 0. The zero-order chi connectivity index (χ0) is 17.6. The van der Waals surface area contributed by atoms with Crippen molar-refractivity contribution >= 4 is 5.78 Å². The molecule has 0 amide bonds. The van der Waals surface area contributed by atoms with Gasteiger partial charge in [0.05, 0.1) is 0 Å². The first-order valence-electron chi connectivity index (χ1n) is 9.15. The Balaban J connectivity index is 1.77. The quantitative estimate of drug-likeness (QED) is 0.715. The second-order valence-corrected chi connectivity index (χ2v) is 7.03. The minimum absolute atomic E-state index is 0.172. The number of Topliss-reactive ketones (excluding diaryl/α,β-unsaturated/α-hetero) is 1. The summed E-state index contributed by atoms with van der Waals surface area (Å²) in [7, 11) is 0. The highest BCUT2D eigenvalue weighted by molar-refractivity contribution is 5.84. The fraction of sp³-hybridized carbons (Fsp3) is 0.409. The summed E-state index contributed by atoms with van der Waals surface area (Å²) in [6.45, 7) is 0. The second-order valence-electron chi connectivity index (χ2n) is 7.03. The van der Waals surface area contributed by atoms with Crippen LogP contribution in [-0.2, 0) is 17.6 Å². The molecule has 2 unspecified atom stereocenters. The molecule has 1 aliphatic rings. The first-order valence-corrected chi connectivity index (χ1v) is 9.15. The summed E-state index contributed by atoms with van der Waals surface area (Å²) in [5.74, 6) is -0.667. The lowest BCUT2D eigenvalue weighted by Gasteiger charge is -2.26. The molecule has 1 saturated carbocycles. The van der Waals surface area contributed by atoms with Gasteiger partial charge in [-0.15, -0.1) is 0 Å². The summed E-state index contributed by atoms with van der Waals surface area (Å²) >= 11 is 0. The molecule has 1 aliphatic carbocycles. The van der Waals surface area contributed by atoms with Crippen LogP contribution < -0.4 is 0 Å². The van der Waals surface area contributed by atoms with Gasteiger partial charge in [0.15, 0.2) is 0 Å². The van der Waals surface area contributed by atoms with Crippen LogP contribution in [0.4, 0.5) is 8.78 Å². The first-order chi connectivity index (χ1) is 12.1. The molecule has 1 fully saturated rings. The Bertz CT molecular complexity index is 666. The number of halogens is 2. The van der Waals surface area contributed by atoms with Crippen molar-refractivity contribution in [2.24, 2.45) is 11.8 Å². The third-order valence-corrected chi connectivity index (χ3v) is 5.26. The van der Waals surface area contributed by atoms with Crippen molar-refractivity contribution in [1.82, 2.24) is 0 Å². The zero-order valence-electron chi connectivity index (χ0n) is 14.4. The standard InChI is InChI=1S/C22H24F2O/c23-20-12-6-4-8-16(20)14-18-10-2-1-3-11-19(22(18)25)15-17-9-5-7-13-21(17)24/h4-9,12-13,18-19H,1-3,10-11,14-15H2. The highest BCUT2D eigenvalue weighted by Gasteiger charge is 2.29. The molecule has 0 aromatic heterocycles. The monoisotopic (exact) mass is 342 g/mol. The van der Waals surface area contributed by atoms with Crippen LogP contribution in [0.2, 0.25) is 0 Å². The van der Waals surface area contributed by atoms with Crippen LogP contribution in [0.15, 0.2) is 48.5 Å². The largest absolute Gasteiger partial charge is 0.299 e. The highest BCUT2D eigenvalue weighted by atomic mass is 19.1. The summed E-state index contributed by atoms with van der Waals surface area (Å²) in [4.78, 5) is 13.1. The lowest BCUT2D eigenvalue weighted by Crippen LogP contribution is -2.29. The van der Waals surface area contributed by atoms with Crippen LogP contribution in [0.25, 0.3) is 0 Å². The van der Waals surface area contributed by atoms with E-state index in [1.54, 1.807) is 24.3 Å². The van der Waals surface area contributed by atoms with Gasteiger partial charge in [-0.2, -0.15) is 0 Å². The van der Waals surface area contributed by atoms with Crippen molar-refractivity contribution < 1.29 is 13.6 Å². The van der Waals surface area contributed by atoms with Gasteiger partial charge in [-0.05, 0) is 48.9 Å². The molecular weight excluding hydrogens is 318 g/mol. The molecule has 132 valence electrons. The molecule has 0 heterocycles. The number of benzene rings is 2. The van der Waals surface area contributed by atoms with Gasteiger partial charge in [0.25, 0.3) is 0 Å². The summed E-state index contributed by atoms with van der Waals surface area (Å²) < 4.78 is 28.0. The maximum absolute atomic E-state index is 14.0. The molecule has 1 nitrogen and oxygen atoms in total. The van der Waals surface area contributed by atoms with Gasteiger partial charge in [-0.3, -0.25) is 4.79 Å². The third kappa shape index (κ3) is 4.53. The number of carbonyl (C=O) groups excluding carboxylic acids is 1. The van der Waals surface area contributed by atoms with Gasteiger partial charge in [-0.25, -0.2) is 8.78 Å². The van der Waals surface area contributed by atoms with Crippen molar-refractivity contribution in [2.75, 3.05) is 0 Å². The lowest BCUT2D eigenvalue weighted by molar-refractivity contribution is -0.127. The highest BCUT2D eigenvalue weighted by Crippen LogP contribution is 2.29.